The Balaban J connectivity index is 0.00000144. The summed E-state index contributed by atoms with van der Waals surface area (Å²) in [7, 11) is 0. The Labute approximate surface area is 123 Å². The van der Waals surface area contributed by atoms with Crippen LogP contribution in [0.1, 0.15) is 25.6 Å². The van der Waals surface area contributed by atoms with Crippen molar-refractivity contribution in [3.05, 3.63) is 30.4 Å². The maximum atomic E-state index is 4.40. The summed E-state index contributed by atoms with van der Waals surface area (Å²) in [6.45, 7) is 5.20. The van der Waals surface area contributed by atoms with Gasteiger partial charge >= 0.3 is 0 Å². The zero-order valence-corrected chi connectivity index (χ0v) is 13.0. The number of aromatic nitrogens is 3. The summed E-state index contributed by atoms with van der Waals surface area (Å²) in [5, 5.41) is 1.00. The molecule has 0 bridgehead atoms. The lowest BCUT2D eigenvalue weighted by Crippen LogP contribution is -3.00. The van der Waals surface area contributed by atoms with Gasteiger partial charge in [0, 0.05) is 12.5 Å². The summed E-state index contributed by atoms with van der Waals surface area (Å²) in [6.07, 6.45) is 6.68. The van der Waals surface area contributed by atoms with Crippen molar-refractivity contribution in [1.82, 2.24) is 9.36 Å². The van der Waals surface area contributed by atoms with Crippen LogP contribution in [0.3, 0.4) is 0 Å². The van der Waals surface area contributed by atoms with Gasteiger partial charge in [0.1, 0.15) is 17.4 Å². The summed E-state index contributed by atoms with van der Waals surface area (Å²) in [6, 6.07) is 4.16. The maximum absolute atomic E-state index is 4.40. The molecule has 2 rings (SSSR count). The molecule has 2 aromatic heterocycles. The van der Waals surface area contributed by atoms with Gasteiger partial charge in [-0.15, -0.1) is 0 Å². The van der Waals surface area contributed by atoms with Crippen LogP contribution >= 0.6 is 11.5 Å². The first-order valence-electron chi connectivity index (χ1n) is 5.59. The molecule has 0 aromatic carbocycles. The van der Waals surface area contributed by atoms with Crippen LogP contribution < -0.4 is 28.5 Å². The maximum Gasteiger partial charge on any atom is 0.179 e. The molecule has 0 atom stereocenters. The fourth-order valence-corrected chi connectivity index (χ4v) is 2.20. The van der Waals surface area contributed by atoms with Gasteiger partial charge in [-0.2, -0.15) is 4.37 Å². The number of pyridine rings is 1. The molecule has 0 aliphatic rings. The molecule has 2 aromatic rings. The Morgan fingerprint density at radius 2 is 2.24 bits per heavy atom. The number of hydrogen-bond donors (Lipinski definition) is 0. The Morgan fingerprint density at radius 1 is 1.41 bits per heavy atom. The van der Waals surface area contributed by atoms with Gasteiger partial charge in [0.2, 0.25) is 0 Å². The average molecular weight is 361 g/mol. The second kappa shape index (κ2) is 7.00. The topological polar surface area (TPSA) is 29.7 Å². The molecule has 0 amide bonds. The molecule has 0 spiro atoms. The summed E-state index contributed by atoms with van der Waals surface area (Å²) in [4.78, 5) is 4.40. The van der Waals surface area contributed by atoms with E-state index in [9.17, 15) is 0 Å². The van der Waals surface area contributed by atoms with Crippen LogP contribution in [0, 0.1) is 6.92 Å². The third kappa shape index (κ3) is 3.99. The number of halogens is 1. The lowest BCUT2D eigenvalue weighted by molar-refractivity contribution is -0.696. The lowest BCUT2D eigenvalue weighted by atomic mass is 10.3. The van der Waals surface area contributed by atoms with Crippen LogP contribution in [0.2, 0.25) is 0 Å². The minimum atomic E-state index is 0. The van der Waals surface area contributed by atoms with Crippen LogP contribution in [0.5, 0.6) is 0 Å². The predicted molar refractivity (Wildman–Crippen MR) is 65.2 cm³/mol. The summed E-state index contributed by atoms with van der Waals surface area (Å²) < 4.78 is 6.42. The molecule has 2 heterocycles. The molecule has 0 N–H and O–H groups in total. The van der Waals surface area contributed by atoms with E-state index in [1.165, 1.54) is 24.4 Å². The molecule has 0 saturated carbocycles. The van der Waals surface area contributed by atoms with Crippen molar-refractivity contribution in [2.24, 2.45) is 0 Å². The van der Waals surface area contributed by atoms with E-state index < -0.39 is 0 Å². The smallest absolute Gasteiger partial charge is 0.179 e. The Hall–Kier alpha value is -0.560. The van der Waals surface area contributed by atoms with Crippen molar-refractivity contribution in [3.8, 4) is 10.6 Å². The minimum absolute atomic E-state index is 0. The predicted octanol–water partition coefficient (Wildman–Crippen LogP) is -0.395. The molecule has 17 heavy (non-hydrogen) atoms. The highest BCUT2D eigenvalue weighted by Gasteiger charge is 2.08. The van der Waals surface area contributed by atoms with E-state index in [2.05, 4.69) is 45.4 Å². The average Bonchev–Trinajstić information content (AvgIpc) is 2.74. The Bertz CT molecular complexity index is 470. The van der Waals surface area contributed by atoms with Gasteiger partial charge in [0.15, 0.2) is 12.4 Å². The summed E-state index contributed by atoms with van der Waals surface area (Å²) in [5.74, 6) is 0.851. The number of unbranched alkanes of at least 4 members (excludes halogenated alkanes) is 1. The van der Waals surface area contributed by atoms with E-state index in [1.54, 1.807) is 0 Å². The van der Waals surface area contributed by atoms with Crippen LogP contribution in [-0.4, -0.2) is 9.36 Å². The van der Waals surface area contributed by atoms with Gasteiger partial charge in [-0.1, -0.05) is 13.3 Å². The summed E-state index contributed by atoms with van der Waals surface area (Å²) in [5.41, 5.74) is 1.16. The third-order valence-electron chi connectivity index (χ3n) is 2.40. The van der Waals surface area contributed by atoms with Gasteiger partial charge in [-0.05, 0) is 24.5 Å². The molecule has 0 radical (unpaired) electrons. The molecule has 0 unspecified atom stereocenters. The molecular formula is C12H16IN3S. The first kappa shape index (κ1) is 14.5. The fraction of sp³-hybridized carbons (Fsp3) is 0.417. The molecule has 0 aliphatic heterocycles. The minimum Gasteiger partial charge on any atom is -1.00 e. The van der Waals surface area contributed by atoms with Crippen molar-refractivity contribution in [2.45, 2.75) is 33.2 Å². The van der Waals surface area contributed by atoms with E-state index in [0.717, 1.165) is 22.9 Å². The molecule has 92 valence electrons. The number of rotatable bonds is 4. The second-order valence-corrected chi connectivity index (χ2v) is 4.58. The molecule has 0 aliphatic carbocycles. The monoisotopic (exact) mass is 361 g/mol. The van der Waals surface area contributed by atoms with Crippen LogP contribution in [0.15, 0.2) is 24.5 Å². The quantitative estimate of drug-likeness (QED) is 0.548. The van der Waals surface area contributed by atoms with Gasteiger partial charge in [0.05, 0.1) is 5.56 Å². The van der Waals surface area contributed by atoms with E-state index in [0.29, 0.717) is 0 Å². The summed E-state index contributed by atoms with van der Waals surface area (Å²) >= 11 is 1.46. The van der Waals surface area contributed by atoms with Gasteiger partial charge in [-0.3, -0.25) is 0 Å². The highest BCUT2D eigenvalue weighted by Crippen LogP contribution is 2.18. The first-order chi connectivity index (χ1) is 7.79. The molecule has 0 saturated heterocycles. The van der Waals surface area contributed by atoms with E-state index in [1.807, 2.05) is 6.92 Å². The van der Waals surface area contributed by atoms with Crippen LogP contribution in [-0.2, 0) is 6.54 Å². The van der Waals surface area contributed by atoms with Crippen LogP contribution in [0.25, 0.3) is 10.6 Å². The highest BCUT2D eigenvalue weighted by atomic mass is 127. The van der Waals surface area contributed by atoms with Gasteiger partial charge < -0.3 is 24.0 Å². The number of nitrogens with zero attached hydrogens (tertiary/aromatic N) is 3. The molecular weight excluding hydrogens is 345 g/mol. The zero-order chi connectivity index (χ0) is 11.4. The first-order valence-corrected chi connectivity index (χ1v) is 6.36. The largest absolute Gasteiger partial charge is 1.00 e. The zero-order valence-electron chi connectivity index (χ0n) is 10.1. The number of aryl methyl sites for hydroxylation is 2. The van der Waals surface area contributed by atoms with Crippen molar-refractivity contribution in [3.63, 3.8) is 0 Å². The SMILES string of the molecule is CCCC[n+]1cccc(-c2nc(C)ns2)c1.[I-]. The van der Waals surface area contributed by atoms with Crippen LogP contribution in [0.4, 0.5) is 0 Å². The van der Waals surface area contributed by atoms with Crippen molar-refractivity contribution < 1.29 is 28.5 Å². The van der Waals surface area contributed by atoms with Gasteiger partial charge in [-0.25, -0.2) is 9.55 Å². The molecule has 5 heteroatoms. The van der Waals surface area contributed by atoms with Crippen molar-refractivity contribution >= 4 is 11.5 Å². The normalized spacial score (nSPS) is 10.0. The molecule has 0 fully saturated rings. The van der Waals surface area contributed by atoms with Gasteiger partial charge in [0.25, 0.3) is 0 Å². The Morgan fingerprint density at radius 3 is 2.88 bits per heavy atom. The standard InChI is InChI=1S/C12H16N3S.HI/c1-3-4-7-15-8-5-6-11(9-15)12-13-10(2)14-16-12;/h5-6,8-9H,3-4,7H2,1-2H3;1H/q+1;/p-1. The van der Waals surface area contributed by atoms with Crippen molar-refractivity contribution in [2.75, 3.05) is 0 Å². The van der Waals surface area contributed by atoms with E-state index in [4.69, 9.17) is 0 Å². The Kier molecular flexibility index (Phi) is 5.97. The fourth-order valence-electron chi connectivity index (χ4n) is 1.54. The second-order valence-electron chi connectivity index (χ2n) is 3.83. The molecule has 3 nitrogen and oxygen atoms in total. The lowest BCUT2D eigenvalue weighted by Gasteiger charge is -1.97. The van der Waals surface area contributed by atoms with Crippen molar-refractivity contribution in [1.29, 1.82) is 0 Å². The third-order valence-corrected chi connectivity index (χ3v) is 3.26. The number of hydrogen-bond acceptors (Lipinski definition) is 3. The highest BCUT2D eigenvalue weighted by molar-refractivity contribution is 7.09. The van der Waals surface area contributed by atoms with E-state index in [-0.39, 0.29) is 24.0 Å². The van der Waals surface area contributed by atoms with E-state index >= 15 is 0 Å².